The zero-order chi connectivity index (χ0) is 24.7. The molecule has 35 heavy (non-hydrogen) atoms. The topological polar surface area (TPSA) is 60.4 Å². The molecule has 0 saturated carbocycles. The van der Waals surface area contributed by atoms with E-state index in [0.717, 1.165) is 67.3 Å². The van der Waals surface area contributed by atoms with Gasteiger partial charge < -0.3 is 19.9 Å². The fraction of sp³-hybridized carbons (Fsp3) is 0.556. The van der Waals surface area contributed by atoms with Gasteiger partial charge in [-0.05, 0) is 59.6 Å². The Labute approximate surface area is 218 Å². The summed E-state index contributed by atoms with van der Waals surface area (Å²) in [6, 6.07) is 13.4. The lowest BCUT2D eigenvalue weighted by atomic mass is 9.99. The van der Waals surface area contributed by atoms with Gasteiger partial charge in [0, 0.05) is 78.1 Å². The highest BCUT2D eigenvalue weighted by molar-refractivity contribution is 9.10. The molecule has 2 fully saturated rings. The summed E-state index contributed by atoms with van der Waals surface area (Å²) in [7, 11) is 0. The Balaban J connectivity index is 1.18. The molecule has 0 atom stereocenters. The quantitative estimate of drug-likeness (QED) is 0.473. The van der Waals surface area contributed by atoms with Gasteiger partial charge >= 0.3 is 0 Å². The van der Waals surface area contributed by atoms with Gasteiger partial charge in [0.05, 0.1) is 10.1 Å². The average molecular weight is 548 g/mol. The molecule has 0 bridgehead atoms. The van der Waals surface area contributed by atoms with Crippen molar-refractivity contribution in [3.8, 4) is 17.2 Å². The Morgan fingerprint density at radius 1 is 0.857 bits per heavy atom. The molecule has 192 valence electrons. The predicted molar refractivity (Wildman–Crippen MR) is 144 cm³/mol. The third kappa shape index (κ3) is 8.17. The molecule has 8 heteroatoms. The minimum atomic E-state index is -0.896. The van der Waals surface area contributed by atoms with Crippen LogP contribution in [0.4, 0.5) is 0 Å². The zero-order valence-corrected chi connectivity index (χ0v) is 22.6. The lowest BCUT2D eigenvalue weighted by Crippen LogP contribution is -2.51. The molecule has 7 nitrogen and oxygen atoms in total. The van der Waals surface area contributed by atoms with Crippen LogP contribution in [0.3, 0.4) is 0 Å². The molecule has 2 N–H and O–H groups in total. The first-order valence-corrected chi connectivity index (χ1v) is 13.5. The Kier molecular flexibility index (Phi) is 9.44. The molecule has 2 heterocycles. The van der Waals surface area contributed by atoms with E-state index in [-0.39, 0.29) is 0 Å². The highest BCUT2D eigenvalue weighted by Crippen LogP contribution is 2.34. The summed E-state index contributed by atoms with van der Waals surface area (Å²) in [5, 5.41) is 13.6. The van der Waals surface area contributed by atoms with Crippen molar-refractivity contribution in [2.75, 3.05) is 78.6 Å². The summed E-state index contributed by atoms with van der Waals surface area (Å²) < 4.78 is 12.9. The summed E-state index contributed by atoms with van der Waals surface area (Å²) in [6.45, 7) is 16.6. The van der Waals surface area contributed by atoms with Crippen LogP contribution in [0.5, 0.6) is 17.2 Å². The number of rotatable bonds is 10. The van der Waals surface area contributed by atoms with Crippen LogP contribution in [0, 0.1) is 0 Å². The number of hydrogen-bond acceptors (Lipinski definition) is 7. The van der Waals surface area contributed by atoms with E-state index < -0.39 is 5.60 Å². The van der Waals surface area contributed by atoms with Gasteiger partial charge in [0.25, 0.3) is 0 Å². The smallest absolute Gasteiger partial charge is 0.141 e. The Morgan fingerprint density at radius 3 is 2.14 bits per heavy atom. The highest BCUT2D eigenvalue weighted by atomic mass is 79.9. The average Bonchev–Trinajstić information content (AvgIpc) is 2.85. The summed E-state index contributed by atoms with van der Waals surface area (Å²) in [6.07, 6.45) is 0. The third-order valence-corrected chi connectivity index (χ3v) is 7.37. The normalized spacial score (nSPS) is 18.5. The van der Waals surface area contributed by atoms with E-state index in [0.29, 0.717) is 12.4 Å². The molecule has 0 amide bonds. The summed E-state index contributed by atoms with van der Waals surface area (Å²) in [4.78, 5) is 7.65. The molecule has 0 aliphatic carbocycles. The van der Waals surface area contributed by atoms with E-state index in [1.165, 1.54) is 26.2 Å². The number of halogens is 1. The fourth-order valence-electron chi connectivity index (χ4n) is 4.47. The van der Waals surface area contributed by atoms with Crippen molar-refractivity contribution < 1.29 is 14.6 Å². The molecule has 2 saturated heterocycles. The molecular weight excluding hydrogens is 508 g/mol. The van der Waals surface area contributed by atoms with Crippen molar-refractivity contribution in [1.82, 2.24) is 20.0 Å². The van der Waals surface area contributed by atoms with Gasteiger partial charge in [-0.25, -0.2) is 0 Å². The van der Waals surface area contributed by atoms with Gasteiger partial charge in [0.2, 0.25) is 0 Å². The first kappa shape index (κ1) is 26.4. The minimum absolute atomic E-state index is 0.661. The number of hydrogen-bond donors (Lipinski definition) is 2. The molecule has 0 spiro atoms. The highest BCUT2D eigenvalue weighted by Gasteiger charge is 2.19. The zero-order valence-electron chi connectivity index (χ0n) is 21.0. The molecule has 0 aromatic heterocycles. The van der Waals surface area contributed by atoms with Crippen LogP contribution < -0.4 is 14.8 Å². The second-order valence-electron chi connectivity index (χ2n) is 9.90. The second-order valence-corrected chi connectivity index (χ2v) is 10.8. The standard InChI is InChI=1S/C27H39BrN4O3/c1-27(2,33)22-6-7-26(25(28)20-22)35-24-5-3-4-23(21-24)34-19-18-32-16-14-31(15-17-32)13-12-30-10-8-29-9-11-30/h3-7,20-21,29,33H,8-19H2,1-2H3. The van der Waals surface area contributed by atoms with Crippen LogP contribution >= 0.6 is 15.9 Å². The Morgan fingerprint density at radius 2 is 1.49 bits per heavy atom. The van der Waals surface area contributed by atoms with Crippen LogP contribution in [0.25, 0.3) is 0 Å². The van der Waals surface area contributed by atoms with E-state index in [1.54, 1.807) is 13.8 Å². The molecule has 0 unspecified atom stereocenters. The van der Waals surface area contributed by atoms with Crippen molar-refractivity contribution >= 4 is 15.9 Å². The number of nitrogens with zero attached hydrogens (tertiary/aromatic N) is 3. The Bertz CT molecular complexity index is 938. The van der Waals surface area contributed by atoms with Gasteiger partial charge in [-0.1, -0.05) is 12.1 Å². The fourth-order valence-corrected chi connectivity index (χ4v) is 4.93. The predicted octanol–water partition coefficient (Wildman–Crippen LogP) is 3.37. The SMILES string of the molecule is CC(C)(O)c1ccc(Oc2cccc(OCCN3CCN(CCN4CCNCC4)CC3)c2)c(Br)c1. The van der Waals surface area contributed by atoms with E-state index in [9.17, 15) is 5.11 Å². The van der Waals surface area contributed by atoms with Crippen LogP contribution in [0.15, 0.2) is 46.9 Å². The number of piperazine rings is 2. The monoisotopic (exact) mass is 546 g/mol. The maximum absolute atomic E-state index is 10.2. The van der Waals surface area contributed by atoms with Crippen molar-refractivity contribution in [3.05, 3.63) is 52.5 Å². The molecule has 2 aliphatic rings. The number of nitrogens with one attached hydrogen (secondary N) is 1. The summed E-state index contributed by atoms with van der Waals surface area (Å²) >= 11 is 3.55. The van der Waals surface area contributed by atoms with Gasteiger partial charge in [-0.2, -0.15) is 0 Å². The maximum atomic E-state index is 10.2. The largest absolute Gasteiger partial charge is 0.492 e. The Hall–Kier alpha value is -1.68. The third-order valence-electron chi connectivity index (χ3n) is 6.75. The van der Waals surface area contributed by atoms with Crippen LogP contribution in [0.1, 0.15) is 19.4 Å². The molecule has 4 rings (SSSR count). The van der Waals surface area contributed by atoms with Gasteiger partial charge in [-0.3, -0.25) is 14.7 Å². The van der Waals surface area contributed by atoms with E-state index in [4.69, 9.17) is 9.47 Å². The molecule has 0 radical (unpaired) electrons. The summed E-state index contributed by atoms with van der Waals surface area (Å²) in [5.41, 5.74) is -0.0684. The first-order chi connectivity index (χ1) is 16.9. The van der Waals surface area contributed by atoms with Crippen molar-refractivity contribution in [2.24, 2.45) is 0 Å². The maximum Gasteiger partial charge on any atom is 0.141 e. The van der Waals surface area contributed by atoms with Gasteiger partial charge in [0.1, 0.15) is 23.9 Å². The molecule has 2 aromatic rings. The lowest BCUT2D eigenvalue weighted by Gasteiger charge is -2.36. The molecular formula is C27H39BrN4O3. The molecule has 2 aromatic carbocycles. The lowest BCUT2D eigenvalue weighted by molar-refractivity contribution is 0.0785. The van der Waals surface area contributed by atoms with E-state index in [2.05, 4.69) is 35.9 Å². The van der Waals surface area contributed by atoms with Crippen molar-refractivity contribution in [2.45, 2.75) is 19.4 Å². The van der Waals surface area contributed by atoms with E-state index in [1.807, 2.05) is 42.5 Å². The van der Waals surface area contributed by atoms with Crippen LogP contribution in [-0.2, 0) is 5.60 Å². The van der Waals surface area contributed by atoms with Crippen LogP contribution in [-0.4, -0.2) is 98.4 Å². The van der Waals surface area contributed by atoms with E-state index >= 15 is 0 Å². The van der Waals surface area contributed by atoms with Crippen molar-refractivity contribution in [1.29, 1.82) is 0 Å². The van der Waals surface area contributed by atoms with Gasteiger partial charge in [-0.15, -0.1) is 0 Å². The number of ether oxygens (including phenoxy) is 2. The van der Waals surface area contributed by atoms with Crippen LogP contribution in [0.2, 0.25) is 0 Å². The minimum Gasteiger partial charge on any atom is -0.492 e. The number of benzene rings is 2. The van der Waals surface area contributed by atoms with Gasteiger partial charge in [0.15, 0.2) is 0 Å². The van der Waals surface area contributed by atoms with Crippen molar-refractivity contribution in [3.63, 3.8) is 0 Å². The second kappa shape index (κ2) is 12.5. The molecule has 2 aliphatic heterocycles. The number of aliphatic hydroxyl groups is 1. The summed E-state index contributed by atoms with van der Waals surface area (Å²) in [5.74, 6) is 2.23. The first-order valence-electron chi connectivity index (χ1n) is 12.7.